The van der Waals surface area contributed by atoms with Crippen LogP contribution in [0.4, 0.5) is 0 Å². The fraction of sp³-hybridized carbons (Fsp3) is 0.857. The third-order valence-corrected chi connectivity index (χ3v) is 3.99. The van der Waals surface area contributed by atoms with Gasteiger partial charge in [0.25, 0.3) is 0 Å². The monoisotopic (exact) mass is 236 g/mol. The Kier molecular flexibility index (Phi) is 6.04. The Labute approximate surface area is 105 Å². The highest BCUT2D eigenvalue weighted by Crippen LogP contribution is 2.30. The third kappa shape index (κ3) is 4.38. The highest BCUT2D eigenvalue weighted by Gasteiger charge is 2.21. The van der Waals surface area contributed by atoms with E-state index in [1.807, 2.05) is 13.0 Å². The van der Waals surface area contributed by atoms with Crippen LogP contribution in [0.2, 0.25) is 0 Å². The van der Waals surface area contributed by atoms with Crippen molar-refractivity contribution in [2.45, 2.75) is 52.4 Å². The summed E-state index contributed by atoms with van der Waals surface area (Å²) in [6.07, 6.45) is 6.93. The lowest BCUT2D eigenvalue weighted by atomic mass is 9.81. The molecule has 0 spiro atoms. The largest absolute Gasteiger partial charge is 0.355 e. The van der Waals surface area contributed by atoms with Crippen molar-refractivity contribution >= 4 is 5.91 Å². The Morgan fingerprint density at radius 1 is 1.29 bits per heavy atom. The number of carbonyl (C=O) groups excluding carboxylic acids is 1. The van der Waals surface area contributed by atoms with E-state index in [1.54, 1.807) is 0 Å². The molecule has 3 heteroatoms. The average Bonchev–Trinajstić information content (AvgIpc) is 2.38. The van der Waals surface area contributed by atoms with Crippen LogP contribution in [0.3, 0.4) is 0 Å². The molecule has 1 fully saturated rings. The molecule has 96 valence electrons. The molecule has 0 aromatic heterocycles. The maximum Gasteiger partial charge on any atom is 0.237 e. The molecule has 17 heavy (non-hydrogen) atoms. The van der Waals surface area contributed by atoms with Crippen LogP contribution in [0.25, 0.3) is 0 Å². The normalized spacial score (nSPS) is 25.9. The second kappa shape index (κ2) is 7.32. The zero-order valence-corrected chi connectivity index (χ0v) is 11.0. The van der Waals surface area contributed by atoms with Gasteiger partial charge in [-0.2, -0.15) is 5.26 Å². The van der Waals surface area contributed by atoms with E-state index in [4.69, 9.17) is 5.26 Å². The Bertz CT molecular complexity index is 274. The van der Waals surface area contributed by atoms with Gasteiger partial charge in [-0.1, -0.05) is 33.1 Å². The lowest BCUT2D eigenvalue weighted by Crippen LogP contribution is -2.34. The van der Waals surface area contributed by atoms with Crippen molar-refractivity contribution in [3.8, 4) is 6.07 Å². The molecule has 1 rings (SSSR count). The zero-order valence-electron chi connectivity index (χ0n) is 11.0. The Morgan fingerprint density at radius 3 is 2.35 bits per heavy atom. The number of carbonyl (C=O) groups is 1. The summed E-state index contributed by atoms with van der Waals surface area (Å²) in [5.41, 5.74) is 0. The van der Waals surface area contributed by atoms with Crippen molar-refractivity contribution in [3.05, 3.63) is 0 Å². The van der Waals surface area contributed by atoms with Crippen LogP contribution >= 0.6 is 0 Å². The molecule has 1 aliphatic carbocycles. The van der Waals surface area contributed by atoms with Gasteiger partial charge in [-0.25, -0.2) is 0 Å². The molecule has 0 saturated heterocycles. The van der Waals surface area contributed by atoms with Gasteiger partial charge in [-0.05, 0) is 31.1 Å². The third-order valence-electron chi connectivity index (χ3n) is 3.99. The standard InChI is InChI=1S/C14H24N2O/c1-3-11-5-7-12(8-6-11)10-16-14(17)13(4-2)9-15/h11-13H,3-8,10H2,1-2H3,(H,16,17). The Hall–Kier alpha value is -1.04. The van der Waals surface area contributed by atoms with Crippen LogP contribution in [0.5, 0.6) is 0 Å². The molecule has 0 bridgehead atoms. The van der Waals surface area contributed by atoms with Gasteiger partial charge < -0.3 is 5.32 Å². The minimum atomic E-state index is -0.470. The van der Waals surface area contributed by atoms with Gasteiger partial charge in [0.1, 0.15) is 5.92 Å². The maximum absolute atomic E-state index is 11.6. The first-order valence-electron chi connectivity index (χ1n) is 6.88. The Morgan fingerprint density at radius 2 is 1.88 bits per heavy atom. The highest BCUT2D eigenvalue weighted by molar-refractivity contribution is 5.80. The van der Waals surface area contributed by atoms with Crippen LogP contribution in [-0.4, -0.2) is 12.5 Å². The minimum absolute atomic E-state index is 0.0902. The second-order valence-corrected chi connectivity index (χ2v) is 5.13. The lowest BCUT2D eigenvalue weighted by Gasteiger charge is -2.28. The molecule has 0 aliphatic heterocycles. The molecular weight excluding hydrogens is 212 g/mol. The number of hydrogen-bond acceptors (Lipinski definition) is 2. The van der Waals surface area contributed by atoms with Crippen LogP contribution in [0.15, 0.2) is 0 Å². The lowest BCUT2D eigenvalue weighted by molar-refractivity contribution is -0.123. The van der Waals surface area contributed by atoms with E-state index in [0.29, 0.717) is 12.3 Å². The molecule has 1 saturated carbocycles. The Balaban J connectivity index is 2.23. The number of hydrogen-bond donors (Lipinski definition) is 1. The molecule has 1 unspecified atom stereocenters. The van der Waals surface area contributed by atoms with Crippen molar-refractivity contribution in [2.75, 3.05) is 6.54 Å². The predicted octanol–water partition coefficient (Wildman–Crippen LogP) is 2.87. The van der Waals surface area contributed by atoms with E-state index in [-0.39, 0.29) is 5.91 Å². The first-order valence-corrected chi connectivity index (χ1v) is 6.88. The number of rotatable bonds is 5. The van der Waals surface area contributed by atoms with Crippen LogP contribution < -0.4 is 5.32 Å². The fourth-order valence-electron chi connectivity index (χ4n) is 2.55. The summed E-state index contributed by atoms with van der Waals surface area (Å²) in [6.45, 7) is 4.89. The molecule has 0 aromatic carbocycles. The molecule has 0 radical (unpaired) electrons. The first kappa shape index (κ1) is 14.0. The number of nitrogens with zero attached hydrogens (tertiary/aromatic N) is 1. The maximum atomic E-state index is 11.6. The van der Waals surface area contributed by atoms with Crippen molar-refractivity contribution < 1.29 is 4.79 Å². The summed E-state index contributed by atoms with van der Waals surface area (Å²) in [4.78, 5) is 11.6. The van der Waals surface area contributed by atoms with Crippen molar-refractivity contribution in [2.24, 2.45) is 17.8 Å². The van der Waals surface area contributed by atoms with Crippen molar-refractivity contribution in [1.29, 1.82) is 5.26 Å². The molecular formula is C14H24N2O. The SMILES string of the molecule is CCC1CCC(CNC(=O)C(C#N)CC)CC1. The molecule has 1 amide bonds. The summed E-state index contributed by atoms with van der Waals surface area (Å²) < 4.78 is 0. The molecule has 0 aromatic rings. The summed E-state index contributed by atoms with van der Waals surface area (Å²) >= 11 is 0. The van der Waals surface area contributed by atoms with E-state index in [1.165, 1.54) is 32.1 Å². The second-order valence-electron chi connectivity index (χ2n) is 5.13. The van der Waals surface area contributed by atoms with Crippen LogP contribution in [-0.2, 0) is 4.79 Å². The summed E-state index contributed by atoms with van der Waals surface area (Å²) in [5.74, 6) is 0.956. The van der Waals surface area contributed by atoms with Gasteiger partial charge in [0.15, 0.2) is 0 Å². The van der Waals surface area contributed by atoms with Crippen molar-refractivity contribution in [3.63, 3.8) is 0 Å². The number of nitrogens with one attached hydrogen (secondary N) is 1. The van der Waals surface area contributed by atoms with E-state index in [9.17, 15) is 4.79 Å². The smallest absolute Gasteiger partial charge is 0.237 e. The van der Waals surface area contributed by atoms with Gasteiger partial charge in [0.05, 0.1) is 6.07 Å². The van der Waals surface area contributed by atoms with Crippen LogP contribution in [0, 0.1) is 29.1 Å². The topological polar surface area (TPSA) is 52.9 Å². The molecule has 1 aliphatic rings. The van der Waals surface area contributed by atoms with Gasteiger partial charge in [0, 0.05) is 6.54 Å². The molecule has 0 heterocycles. The highest BCUT2D eigenvalue weighted by atomic mass is 16.1. The van der Waals surface area contributed by atoms with Gasteiger partial charge in [-0.3, -0.25) is 4.79 Å². The predicted molar refractivity (Wildman–Crippen MR) is 68.1 cm³/mol. The number of nitriles is 1. The molecule has 3 nitrogen and oxygen atoms in total. The fourth-order valence-corrected chi connectivity index (χ4v) is 2.55. The van der Waals surface area contributed by atoms with Gasteiger partial charge in [0.2, 0.25) is 5.91 Å². The van der Waals surface area contributed by atoms with E-state index in [0.717, 1.165) is 12.5 Å². The van der Waals surface area contributed by atoms with Crippen molar-refractivity contribution in [1.82, 2.24) is 5.32 Å². The summed E-state index contributed by atoms with van der Waals surface area (Å²) in [6, 6.07) is 2.04. The summed E-state index contributed by atoms with van der Waals surface area (Å²) in [5, 5.41) is 11.7. The van der Waals surface area contributed by atoms with Gasteiger partial charge >= 0.3 is 0 Å². The molecule has 1 atom stereocenters. The zero-order chi connectivity index (χ0) is 12.7. The van der Waals surface area contributed by atoms with Crippen LogP contribution in [0.1, 0.15) is 52.4 Å². The average molecular weight is 236 g/mol. The molecule has 1 N–H and O–H groups in total. The first-order chi connectivity index (χ1) is 8.21. The van der Waals surface area contributed by atoms with E-state index < -0.39 is 5.92 Å². The van der Waals surface area contributed by atoms with Gasteiger partial charge in [-0.15, -0.1) is 0 Å². The number of amides is 1. The van der Waals surface area contributed by atoms with E-state index in [2.05, 4.69) is 12.2 Å². The summed E-state index contributed by atoms with van der Waals surface area (Å²) in [7, 11) is 0. The minimum Gasteiger partial charge on any atom is -0.355 e. The quantitative estimate of drug-likeness (QED) is 0.798. The van der Waals surface area contributed by atoms with E-state index >= 15 is 0 Å².